The standard InChI is InChI=1S/C6H7ClN2/c1-4-2-3-9-6(8)5(4)7/h2-3H,1H3,(H2,8,9). The van der Waals surface area contributed by atoms with Crippen molar-refractivity contribution in [1.29, 1.82) is 0 Å². The molecule has 0 amide bonds. The van der Waals surface area contributed by atoms with Crippen molar-refractivity contribution in [2.75, 3.05) is 5.73 Å². The average Bonchev–Trinajstić information content (AvgIpc) is 1.83. The number of nitrogens with zero attached hydrogens (tertiary/aromatic N) is 1. The highest BCUT2D eigenvalue weighted by molar-refractivity contribution is 6.33. The minimum atomic E-state index is 0.400. The van der Waals surface area contributed by atoms with Crippen LogP contribution < -0.4 is 5.73 Å². The van der Waals surface area contributed by atoms with E-state index in [-0.39, 0.29) is 0 Å². The van der Waals surface area contributed by atoms with Crippen molar-refractivity contribution in [3.8, 4) is 0 Å². The SMILES string of the molecule is Cc1ccnc(N)c1Cl. The summed E-state index contributed by atoms with van der Waals surface area (Å²) in [5.41, 5.74) is 6.34. The molecule has 1 rings (SSSR count). The van der Waals surface area contributed by atoms with E-state index < -0.39 is 0 Å². The van der Waals surface area contributed by atoms with Crippen molar-refractivity contribution in [1.82, 2.24) is 4.98 Å². The van der Waals surface area contributed by atoms with Gasteiger partial charge in [0.1, 0.15) is 5.82 Å². The summed E-state index contributed by atoms with van der Waals surface area (Å²) in [6.45, 7) is 1.89. The largest absolute Gasteiger partial charge is 0.382 e. The zero-order chi connectivity index (χ0) is 6.85. The van der Waals surface area contributed by atoms with Gasteiger partial charge in [0.15, 0.2) is 0 Å². The molecule has 1 heterocycles. The maximum absolute atomic E-state index is 5.69. The van der Waals surface area contributed by atoms with Crippen molar-refractivity contribution in [2.24, 2.45) is 0 Å². The maximum Gasteiger partial charge on any atom is 0.142 e. The predicted molar refractivity (Wildman–Crippen MR) is 38.4 cm³/mol. The molecule has 0 unspecified atom stereocenters. The van der Waals surface area contributed by atoms with E-state index in [1.165, 1.54) is 0 Å². The minimum Gasteiger partial charge on any atom is -0.382 e. The fraction of sp³-hybridized carbons (Fsp3) is 0.167. The minimum absolute atomic E-state index is 0.400. The van der Waals surface area contributed by atoms with Crippen molar-refractivity contribution < 1.29 is 0 Å². The Kier molecular flexibility index (Phi) is 1.58. The normalized spacial score (nSPS) is 9.56. The third-order valence-electron chi connectivity index (χ3n) is 1.11. The van der Waals surface area contributed by atoms with E-state index in [4.69, 9.17) is 17.3 Å². The quantitative estimate of drug-likeness (QED) is 0.598. The number of halogens is 1. The van der Waals surface area contributed by atoms with Gasteiger partial charge in [0, 0.05) is 6.20 Å². The molecule has 48 valence electrons. The van der Waals surface area contributed by atoms with Crippen molar-refractivity contribution in [3.05, 3.63) is 22.8 Å². The molecule has 0 aliphatic rings. The molecule has 1 aromatic heterocycles. The molecule has 0 bridgehead atoms. The summed E-state index contributed by atoms with van der Waals surface area (Å²) in [5, 5.41) is 0.553. The second-order valence-corrected chi connectivity index (χ2v) is 2.21. The highest BCUT2D eigenvalue weighted by Gasteiger charge is 1.96. The van der Waals surface area contributed by atoms with Gasteiger partial charge in [-0.1, -0.05) is 11.6 Å². The molecule has 0 aliphatic heterocycles. The number of hydrogen-bond donors (Lipinski definition) is 1. The molecule has 0 fully saturated rings. The van der Waals surface area contributed by atoms with E-state index in [0.717, 1.165) is 5.56 Å². The number of anilines is 1. The Hall–Kier alpha value is -0.760. The van der Waals surface area contributed by atoms with Crippen LogP contribution in [-0.4, -0.2) is 4.98 Å². The van der Waals surface area contributed by atoms with E-state index in [1.54, 1.807) is 6.20 Å². The monoisotopic (exact) mass is 142 g/mol. The van der Waals surface area contributed by atoms with E-state index in [2.05, 4.69) is 4.98 Å². The van der Waals surface area contributed by atoms with Crippen molar-refractivity contribution in [3.63, 3.8) is 0 Å². The summed E-state index contributed by atoms with van der Waals surface area (Å²) in [5.74, 6) is 0.400. The first-order valence-corrected chi connectivity index (χ1v) is 2.96. The lowest BCUT2D eigenvalue weighted by molar-refractivity contribution is 1.29. The summed E-state index contributed by atoms with van der Waals surface area (Å²) in [6, 6.07) is 1.82. The molecule has 0 aliphatic carbocycles. The number of aromatic nitrogens is 1. The molecule has 0 atom stereocenters. The molecule has 0 radical (unpaired) electrons. The summed E-state index contributed by atoms with van der Waals surface area (Å²) in [6.07, 6.45) is 1.64. The number of hydrogen-bond acceptors (Lipinski definition) is 2. The lowest BCUT2D eigenvalue weighted by Crippen LogP contribution is -1.91. The number of nitrogens with two attached hydrogens (primary N) is 1. The van der Waals surface area contributed by atoms with Gasteiger partial charge >= 0.3 is 0 Å². The van der Waals surface area contributed by atoms with E-state index >= 15 is 0 Å². The number of pyridine rings is 1. The van der Waals surface area contributed by atoms with Gasteiger partial charge in [-0.15, -0.1) is 0 Å². The summed E-state index contributed by atoms with van der Waals surface area (Å²) < 4.78 is 0. The zero-order valence-corrected chi connectivity index (χ0v) is 5.81. The number of rotatable bonds is 0. The first kappa shape index (κ1) is 6.36. The number of aryl methyl sites for hydroxylation is 1. The third kappa shape index (κ3) is 1.13. The summed E-state index contributed by atoms with van der Waals surface area (Å²) >= 11 is 5.69. The first-order chi connectivity index (χ1) is 4.22. The Morgan fingerprint density at radius 3 is 2.78 bits per heavy atom. The van der Waals surface area contributed by atoms with Gasteiger partial charge in [0.2, 0.25) is 0 Å². The first-order valence-electron chi connectivity index (χ1n) is 2.58. The van der Waals surface area contributed by atoms with Crippen LogP contribution in [0.1, 0.15) is 5.56 Å². The lowest BCUT2D eigenvalue weighted by atomic mass is 10.3. The van der Waals surface area contributed by atoms with Gasteiger partial charge < -0.3 is 5.73 Å². The average molecular weight is 143 g/mol. The molecular formula is C6H7ClN2. The Morgan fingerprint density at radius 2 is 2.33 bits per heavy atom. The number of nitrogen functional groups attached to an aromatic ring is 1. The predicted octanol–water partition coefficient (Wildman–Crippen LogP) is 1.63. The Bertz CT molecular complexity index is 202. The van der Waals surface area contributed by atoms with Crippen LogP contribution in [-0.2, 0) is 0 Å². The van der Waals surface area contributed by atoms with Crippen LogP contribution in [0, 0.1) is 6.92 Å². The molecule has 2 nitrogen and oxygen atoms in total. The van der Waals surface area contributed by atoms with Gasteiger partial charge in [0.05, 0.1) is 5.02 Å². The molecule has 9 heavy (non-hydrogen) atoms. The van der Waals surface area contributed by atoms with Gasteiger partial charge in [-0.05, 0) is 18.6 Å². The van der Waals surface area contributed by atoms with E-state index in [1.807, 2.05) is 13.0 Å². The van der Waals surface area contributed by atoms with Gasteiger partial charge in [-0.3, -0.25) is 0 Å². The molecule has 0 saturated carbocycles. The van der Waals surface area contributed by atoms with Crippen LogP contribution in [0.15, 0.2) is 12.3 Å². The molecule has 3 heteroatoms. The van der Waals surface area contributed by atoms with Crippen LogP contribution in [0.2, 0.25) is 5.02 Å². The molecule has 0 aromatic carbocycles. The molecule has 0 saturated heterocycles. The van der Waals surface area contributed by atoms with E-state index in [9.17, 15) is 0 Å². The van der Waals surface area contributed by atoms with Crippen LogP contribution in [0.5, 0.6) is 0 Å². The van der Waals surface area contributed by atoms with Gasteiger partial charge in [-0.2, -0.15) is 0 Å². The molecule has 0 spiro atoms. The second-order valence-electron chi connectivity index (χ2n) is 1.83. The fourth-order valence-corrected chi connectivity index (χ4v) is 0.673. The van der Waals surface area contributed by atoms with Gasteiger partial charge in [0.25, 0.3) is 0 Å². The Morgan fingerprint density at radius 1 is 1.67 bits per heavy atom. The van der Waals surface area contributed by atoms with Gasteiger partial charge in [-0.25, -0.2) is 4.98 Å². The zero-order valence-electron chi connectivity index (χ0n) is 5.06. The topological polar surface area (TPSA) is 38.9 Å². The highest BCUT2D eigenvalue weighted by Crippen LogP contribution is 2.18. The van der Waals surface area contributed by atoms with Crippen molar-refractivity contribution in [2.45, 2.75) is 6.92 Å². The molecule has 1 aromatic rings. The van der Waals surface area contributed by atoms with Crippen LogP contribution in [0.25, 0.3) is 0 Å². The second kappa shape index (κ2) is 2.23. The van der Waals surface area contributed by atoms with Crippen LogP contribution in [0.3, 0.4) is 0 Å². The Balaban J connectivity index is 3.25. The van der Waals surface area contributed by atoms with Crippen LogP contribution >= 0.6 is 11.6 Å². The molecule has 2 N–H and O–H groups in total. The Labute approximate surface area is 58.7 Å². The van der Waals surface area contributed by atoms with Crippen molar-refractivity contribution >= 4 is 17.4 Å². The third-order valence-corrected chi connectivity index (χ3v) is 1.60. The lowest BCUT2D eigenvalue weighted by Gasteiger charge is -1.97. The fourth-order valence-electron chi connectivity index (χ4n) is 0.561. The highest BCUT2D eigenvalue weighted by atomic mass is 35.5. The maximum atomic E-state index is 5.69. The summed E-state index contributed by atoms with van der Waals surface area (Å²) in [7, 11) is 0. The van der Waals surface area contributed by atoms with Crippen LogP contribution in [0.4, 0.5) is 5.82 Å². The molecular weight excluding hydrogens is 136 g/mol. The smallest absolute Gasteiger partial charge is 0.142 e. The van der Waals surface area contributed by atoms with E-state index in [0.29, 0.717) is 10.8 Å². The summed E-state index contributed by atoms with van der Waals surface area (Å²) in [4.78, 5) is 3.79.